The van der Waals surface area contributed by atoms with Crippen LogP contribution in [0.5, 0.6) is 0 Å². The molecule has 1 unspecified atom stereocenters. The first-order valence-corrected chi connectivity index (χ1v) is 8.41. The Kier molecular flexibility index (Phi) is 5.11. The van der Waals surface area contributed by atoms with Gasteiger partial charge in [-0.15, -0.1) is 0 Å². The maximum absolute atomic E-state index is 12.2. The molecule has 0 radical (unpaired) electrons. The molecular formula is C19H24N4O. The van der Waals surface area contributed by atoms with Crippen molar-refractivity contribution in [3.63, 3.8) is 0 Å². The van der Waals surface area contributed by atoms with E-state index in [9.17, 15) is 4.79 Å². The van der Waals surface area contributed by atoms with Gasteiger partial charge in [-0.3, -0.25) is 4.79 Å². The first-order valence-electron chi connectivity index (χ1n) is 8.41. The van der Waals surface area contributed by atoms with Crippen molar-refractivity contribution in [2.24, 2.45) is 0 Å². The molecule has 1 aliphatic rings. The second-order valence-corrected chi connectivity index (χ2v) is 6.08. The second kappa shape index (κ2) is 7.45. The number of carbonyl (C=O) groups excluding carboxylic acids is 1. The molecule has 5 heteroatoms. The quantitative estimate of drug-likeness (QED) is 0.855. The molecule has 3 rings (SSSR count). The van der Waals surface area contributed by atoms with E-state index in [1.807, 2.05) is 49.5 Å². The highest BCUT2D eigenvalue weighted by atomic mass is 16.1. The average Bonchev–Trinajstić information content (AvgIpc) is 2.68. The highest BCUT2D eigenvalue weighted by molar-refractivity contribution is 6.00. The van der Waals surface area contributed by atoms with Gasteiger partial charge < -0.3 is 15.1 Å². The largest absolute Gasteiger partial charge is 0.368 e. The molecule has 1 N–H and O–H groups in total. The Bertz CT molecular complexity index is 664. The maximum atomic E-state index is 12.2. The van der Waals surface area contributed by atoms with Crippen LogP contribution in [-0.2, 0) is 0 Å². The number of nitrogens with zero attached hydrogens (tertiary/aromatic N) is 3. The lowest BCUT2D eigenvalue weighted by Gasteiger charge is -2.36. The van der Waals surface area contributed by atoms with Gasteiger partial charge in [-0.25, -0.2) is 4.98 Å². The second-order valence-electron chi connectivity index (χ2n) is 6.08. The molecule has 0 amide bonds. The summed E-state index contributed by atoms with van der Waals surface area (Å²) in [5.74, 6) is 1.17. The summed E-state index contributed by atoms with van der Waals surface area (Å²) < 4.78 is 0. The Morgan fingerprint density at radius 1 is 1.04 bits per heavy atom. The lowest BCUT2D eigenvalue weighted by molar-refractivity contribution is 0.0955. The summed E-state index contributed by atoms with van der Waals surface area (Å²) in [6.45, 7) is 5.70. The van der Waals surface area contributed by atoms with Gasteiger partial charge in [0.05, 0.1) is 6.04 Å². The number of hydrogen-bond donors (Lipinski definition) is 1. The Hall–Kier alpha value is -2.40. The number of rotatable bonds is 5. The van der Waals surface area contributed by atoms with Gasteiger partial charge in [0, 0.05) is 43.6 Å². The Morgan fingerprint density at radius 2 is 1.71 bits per heavy atom. The van der Waals surface area contributed by atoms with Gasteiger partial charge in [-0.2, -0.15) is 0 Å². The molecule has 1 fully saturated rings. The van der Waals surface area contributed by atoms with E-state index in [0.29, 0.717) is 0 Å². The van der Waals surface area contributed by atoms with Gasteiger partial charge in [-0.05, 0) is 50.4 Å². The van der Waals surface area contributed by atoms with Crippen LogP contribution in [0.3, 0.4) is 0 Å². The van der Waals surface area contributed by atoms with Crippen LogP contribution in [0.4, 0.5) is 11.5 Å². The lowest BCUT2D eigenvalue weighted by atomic mass is 10.0. The molecule has 1 atom stereocenters. The van der Waals surface area contributed by atoms with Gasteiger partial charge in [0.25, 0.3) is 0 Å². The van der Waals surface area contributed by atoms with Crippen LogP contribution >= 0.6 is 0 Å². The fraction of sp³-hybridized carbons (Fsp3) is 0.368. The Balaban J connectivity index is 1.61. The minimum absolute atomic E-state index is 0.129. The molecule has 1 aliphatic heterocycles. The number of aromatic nitrogens is 1. The van der Waals surface area contributed by atoms with Gasteiger partial charge in [0.2, 0.25) is 0 Å². The number of piperazine rings is 1. The standard InChI is InChI=1S/C19H24N4O/c1-15(20-2)19(24)16-6-8-17(9-7-16)22-11-13-23(14-12-22)18-5-3-4-10-21-18/h3-10,15,20H,11-14H2,1-2H3. The van der Waals surface area contributed by atoms with Crippen molar-refractivity contribution < 1.29 is 4.79 Å². The summed E-state index contributed by atoms with van der Waals surface area (Å²) in [6, 6.07) is 13.8. The molecular weight excluding hydrogens is 300 g/mol. The van der Waals surface area contributed by atoms with Crippen LogP contribution in [0, 0.1) is 0 Å². The van der Waals surface area contributed by atoms with Crippen molar-refractivity contribution in [1.29, 1.82) is 0 Å². The Labute approximate surface area is 143 Å². The molecule has 0 bridgehead atoms. The molecule has 2 heterocycles. The highest BCUT2D eigenvalue weighted by Gasteiger charge is 2.19. The smallest absolute Gasteiger partial charge is 0.179 e. The van der Waals surface area contributed by atoms with E-state index >= 15 is 0 Å². The van der Waals surface area contributed by atoms with Crippen LogP contribution in [0.2, 0.25) is 0 Å². The minimum atomic E-state index is -0.155. The summed E-state index contributed by atoms with van der Waals surface area (Å²) in [5, 5.41) is 2.99. The third kappa shape index (κ3) is 3.57. The van der Waals surface area contributed by atoms with Gasteiger partial charge in [0.1, 0.15) is 5.82 Å². The summed E-state index contributed by atoms with van der Waals surface area (Å²) in [4.78, 5) is 21.3. The Morgan fingerprint density at radius 3 is 2.29 bits per heavy atom. The van der Waals surface area contributed by atoms with E-state index in [1.54, 1.807) is 7.05 Å². The van der Waals surface area contributed by atoms with Crippen molar-refractivity contribution in [3.8, 4) is 0 Å². The van der Waals surface area contributed by atoms with Crippen LogP contribution in [0.25, 0.3) is 0 Å². The van der Waals surface area contributed by atoms with Crippen molar-refractivity contribution >= 4 is 17.3 Å². The van der Waals surface area contributed by atoms with Gasteiger partial charge in [0.15, 0.2) is 5.78 Å². The zero-order chi connectivity index (χ0) is 16.9. The van der Waals surface area contributed by atoms with E-state index in [1.165, 1.54) is 5.69 Å². The molecule has 5 nitrogen and oxygen atoms in total. The topological polar surface area (TPSA) is 48.5 Å². The minimum Gasteiger partial charge on any atom is -0.368 e. The molecule has 1 aromatic heterocycles. The van der Waals surface area contributed by atoms with Crippen LogP contribution < -0.4 is 15.1 Å². The predicted molar refractivity (Wildman–Crippen MR) is 98.0 cm³/mol. The summed E-state index contributed by atoms with van der Waals surface area (Å²) in [6.07, 6.45) is 1.84. The zero-order valence-electron chi connectivity index (χ0n) is 14.3. The van der Waals surface area contributed by atoms with E-state index in [0.717, 1.165) is 37.6 Å². The van der Waals surface area contributed by atoms with Crippen LogP contribution in [-0.4, -0.2) is 50.0 Å². The number of anilines is 2. The molecule has 24 heavy (non-hydrogen) atoms. The number of benzene rings is 1. The fourth-order valence-electron chi connectivity index (χ4n) is 2.95. The first kappa shape index (κ1) is 16.5. The fourth-order valence-corrected chi connectivity index (χ4v) is 2.95. The number of hydrogen-bond acceptors (Lipinski definition) is 5. The van der Waals surface area contributed by atoms with Gasteiger partial charge in [-0.1, -0.05) is 6.07 Å². The van der Waals surface area contributed by atoms with Crippen molar-refractivity contribution in [2.45, 2.75) is 13.0 Å². The molecule has 126 valence electrons. The summed E-state index contributed by atoms with van der Waals surface area (Å²) in [7, 11) is 1.80. The third-order valence-electron chi connectivity index (χ3n) is 4.60. The van der Waals surface area contributed by atoms with Crippen LogP contribution in [0.1, 0.15) is 17.3 Å². The van der Waals surface area contributed by atoms with Crippen LogP contribution in [0.15, 0.2) is 48.7 Å². The van der Waals surface area contributed by atoms with Gasteiger partial charge >= 0.3 is 0 Å². The third-order valence-corrected chi connectivity index (χ3v) is 4.60. The molecule has 2 aromatic rings. The normalized spacial score (nSPS) is 16.1. The molecule has 0 spiro atoms. The number of nitrogens with one attached hydrogen (secondary N) is 1. The number of Topliss-reactive ketones (excluding diaryl/α,β-unsaturated/α-hetero) is 1. The maximum Gasteiger partial charge on any atom is 0.179 e. The van der Waals surface area contributed by atoms with E-state index in [4.69, 9.17) is 0 Å². The predicted octanol–water partition coefficient (Wildman–Crippen LogP) is 2.20. The SMILES string of the molecule is CNC(C)C(=O)c1ccc(N2CCN(c3ccccn3)CC2)cc1. The lowest BCUT2D eigenvalue weighted by Crippen LogP contribution is -2.46. The van der Waals surface area contributed by atoms with E-state index in [2.05, 4.69) is 26.2 Å². The first-order chi connectivity index (χ1) is 11.7. The average molecular weight is 324 g/mol. The molecule has 1 aromatic carbocycles. The van der Waals surface area contributed by atoms with E-state index < -0.39 is 0 Å². The van der Waals surface area contributed by atoms with Crippen molar-refractivity contribution in [2.75, 3.05) is 43.0 Å². The number of pyridine rings is 1. The number of ketones is 1. The number of carbonyl (C=O) groups is 1. The highest BCUT2D eigenvalue weighted by Crippen LogP contribution is 2.20. The number of likely N-dealkylation sites (N-methyl/N-ethyl adjacent to an activating group) is 1. The summed E-state index contributed by atoms with van der Waals surface area (Å²) in [5.41, 5.74) is 1.93. The van der Waals surface area contributed by atoms with E-state index in [-0.39, 0.29) is 11.8 Å². The van der Waals surface area contributed by atoms with Crippen molar-refractivity contribution in [1.82, 2.24) is 10.3 Å². The molecule has 0 aliphatic carbocycles. The molecule has 0 saturated carbocycles. The zero-order valence-corrected chi connectivity index (χ0v) is 14.3. The van der Waals surface area contributed by atoms with Crippen molar-refractivity contribution in [3.05, 3.63) is 54.2 Å². The monoisotopic (exact) mass is 324 g/mol. The molecule has 1 saturated heterocycles. The summed E-state index contributed by atoms with van der Waals surface area (Å²) >= 11 is 0.